The minimum atomic E-state index is -0.0209. The molecule has 0 aromatic heterocycles. The first-order valence-electron chi connectivity index (χ1n) is 10.4. The van der Waals surface area contributed by atoms with Crippen molar-refractivity contribution in [2.45, 2.75) is 55.9 Å². The molecule has 28 heavy (non-hydrogen) atoms. The van der Waals surface area contributed by atoms with Crippen molar-refractivity contribution in [3.8, 4) is 0 Å². The first kappa shape index (κ1) is 21.2. The highest BCUT2D eigenvalue weighted by atomic mass is 32.2. The van der Waals surface area contributed by atoms with Gasteiger partial charge in [-0.3, -0.25) is 9.59 Å². The lowest BCUT2D eigenvalue weighted by Crippen LogP contribution is -2.55. The molecule has 1 N–H and O–H groups in total. The summed E-state index contributed by atoms with van der Waals surface area (Å²) in [4.78, 5) is 30.4. The number of rotatable bonds is 6. The van der Waals surface area contributed by atoms with Crippen LogP contribution in [0.2, 0.25) is 0 Å². The first-order chi connectivity index (χ1) is 13.4. The molecule has 1 fully saturated rings. The van der Waals surface area contributed by atoms with Crippen LogP contribution in [0.4, 0.5) is 5.69 Å². The third kappa shape index (κ3) is 4.90. The summed E-state index contributed by atoms with van der Waals surface area (Å²) >= 11 is 1.78. The van der Waals surface area contributed by atoms with Gasteiger partial charge in [0.15, 0.2) is 0 Å². The lowest BCUT2D eigenvalue weighted by molar-refractivity contribution is -0.125. The van der Waals surface area contributed by atoms with Crippen molar-refractivity contribution < 1.29 is 9.59 Å². The fraction of sp³-hybridized carbons (Fsp3) is 0.636. The Labute approximate surface area is 173 Å². The number of nitrogens with one attached hydrogen (secondary N) is 1. The number of amides is 2. The van der Waals surface area contributed by atoms with Crippen molar-refractivity contribution in [3.63, 3.8) is 0 Å². The Morgan fingerprint density at radius 1 is 1.29 bits per heavy atom. The summed E-state index contributed by atoms with van der Waals surface area (Å²) < 4.78 is 0. The molecule has 1 saturated carbocycles. The fourth-order valence-electron chi connectivity index (χ4n) is 4.49. The molecule has 1 aromatic rings. The zero-order valence-electron chi connectivity index (χ0n) is 17.4. The molecule has 0 bridgehead atoms. The number of likely N-dealkylation sites (N-methyl/N-ethyl adjacent to an activating group) is 1. The predicted molar refractivity (Wildman–Crippen MR) is 116 cm³/mol. The van der Waals surface area contributed by atoms with E-state index in [0.29, 0.717) is 19.0 Å². The maximum atomic E-state index is 12.7. The number of thioether (sulfide) groups is 1. The third-order valence-electron chi connectivity index (χ3n) is 6.23. The van der Waals surface area contributed by atoms with E-state index in [1.165, 1.54) is 12.8 Å². The molecule has 1 aliphatic heterocycles. The van der Waals surface area contributed by atoms with Crippen LogP contribution in [0.3, 0.4) is 0 Å². The second kappa shape index (κ2) is 9.31. The minimum absolute atomic E-state index is 0.0209. The van der Waals surface area contributed by atoms with Gasteiger partial charge < -0.3 is 15.1 Å². The molecular formula is C22H33N3O2S. The largest absolute Gasteiger partial charge is 0.354 e. The molecule has 2 atom stereocenters. The van der Waals surface area contributed by atoms with Crippen LogP contribution in [0.25, 0.3) is 0 Å². The Kier molecular flexibility index (Phi) is 7.05. The highest BCUT2D eigenvalue weighted by Gasteiger charge is 2.37. The summed E-state index contributed by atoms with van der Waals surface area (Å²) in [5, 5.41) is 3.12. The van der Waals surface area contributed by atoms with Gasteiger partial charge in [0.05, 0.1) is 5.69 Å². The zero-order chi connectivity index (χ0) is 20.1. The van der Waals surface area contributed by atoms with Crippen molar-refractivity contribution in [1.82, 2.24) is 10.2 Å². The maximum Gasteiger partial charge on any atom is 0.227 e. The van der Waals surface area contributed by atoms with Crippen molar-refractivity contribution in [3.05, 3.63) is 24.3 Å². The number of anilines is 1. The third-order valence-corrected chi connectivity index (χ3v) is 7.27. The number of hydrogen-bond donors (Lipinski definition) is 1. The molecule has 154 valence electrons. The molecule has 2 unspecified atom stereocenters. The summed E-state index contributed by atoms with van der Waals surface area (Å²) in [6, 6.07) is 8.01. The number of benzene rings is 1. The van der Waals surface area contributed by atoms with Gasteiger partial charge in [-0.25, -0.2) is 0 Å². The molecule has 1 aliphatic carbocycles. The van der Waals surface area contributed by atoms with Crippen LogP contribution in [-0.2, 0) is 9.59 Å². The Morgan fingerprint density at radius 3 is 2.82 bits per heavy atom. The van der Waals surface area contributed by atoms with E-state index in [9.17, 15) is 9.59 Å². The quantitative estimate of drug-likeness (QED) is 0.789. The summed E-state index contributed by atoms with van der Waals surface area (Å²) in [6.45, 7) is 3.68. The number of nitrogens with zero attached hydrogens (tertiary/aromatic N) is 2. The Bertz CT molecular complexity index is 709. The lowest BCUT2D eigenvalue weighted by Gasteiger charge is -2.45. The maximum absolute atomic E-state index is 12.7. The summed E-state index contributed by atoms with van der Waals surface area (Å²) in [5.41, 5.74) is 1.02. The SMILES string of the molecule is CC1CCCC(CNC(=O)CCC(=O)N2CCSc3ccccc32)(N(C)C)C1. The fourth-order valence-corrected chi connectivity index (χ4v) is 5.49. The summed E-state index contributed by atoms with van der Waals surface area (Å²) in [6.07, 6.45) is 5.22. The first-order valence-corrected chi connectivity index (χ1v) is 11.4. The Hall–Kier alpha value is -1.53. The van der Waals surface area contributed by atoms with Gasteiger partial charge in [-0.1, -0.05) is 31.9 Å². The van der Waals surface area contributed by atoms with Gasteiger partial charge in [-0.2, -0.15) is 0 Å². The Morgan fingerprint density at radius 2 is 2.07 bits per heavy atom. The molecule has 1 aromatic carbocycles. The smallest absolute Gasteiger partial charge is 0.227 e. The normalized spacial score (nSPS) is 24.7. The van der Waals surface area contributed by atoms with Crippen molar-refractivity contribution in [1.29, 1.82) is 0 Å². The molecule has 2 aliphatic rings. The highest BCUT2D eigenvalue weighted by molar-refractivity contribution is 7.99. The molecule has 0 radical (unpaired) electrons. The second-order valence-corrected chi connectivity index (χ2v) is 9.60. The number of carbonyl (C=O) groups is 2. The second-order valence-electron chi connectivity index (χ2n) is 8.46. The van der Waals surface area contributed by atoms with Crippen LogP contribution in [-0.4, -0.2) is 55.2 Å². The molecule has 0 saturated heterocycles. The molecular weight excluding hydrogens is 370 g/mol. The molecule has 3 rings (SSSR count). The van der Waals surface area contributed by atoms with Gasteiger partial charge in [0.2, 0.25) is 11.8 Å². The van der Waals surface area contributed by atoms with E-state index in [2.05, 4.69) is 37.3 Å². The van der Waals surface area contributed by atoms with E-state index in [-0.39, 0.29) is 30.2 Å². The van der Waals surface area contributed by atoms with Crippen LogP contribution in [0.15, 0.2) is 29.2 Å². The molecule has 1 heterocycles. The van der Waals surface area contributed by atoms with Crippen molar-refractivity contribution in [2.75, 3.05) is 37.8 Å². The van der Waals surface area contributed by atoms with Crippen LogP contribution in [0, 0.1) is 5.92 Å². The van der Waals surface area contributed by atoms with E-state index < -0.39 is 0 Å². The monoisotopic (exact) mass is 403 g/mol. The van der Waals surface area contributed by atoms with E-state index in [1.807, 2.05) is 23.1 Å². The topological polar surface area (TPSA) is 52.7 Å². The van der Waals surface area contributed by atoms with Gasteiger partial charge in [0, 0.05) is 42.1 Å². The van der Waals surface area contributed by atoms with Gasteiger partial charge in [0.1, 0.15) is 0 Å². The lowest BCUT2D eigenvalue weighted by atomic mass is 9.75. The Balaban J connectivity index is 1.51. The average molecular weight is 404 g/mol. The molecule has 2 amide bonds. The summed E-state index contributed by atoms with van der Waals surface area (Å²) in [7, 11) is 4.22. The number of carbonyl (C=O) groups excluding carboxylic acids is 2. The van der Waals surface area contributed by atoms with Crippen molar-refractivity contribution in [2.24, 2.45) is 5.92 Å². The standard InChI is InChI=1S/C22H33N3O2S/c1-17-7-6-12-22(15-17,24(2)3)16-23-20(26)10-11-21(27)25-13-14-28-19-9-5-4-8-18(19)25/h4-5,8-9,17H,6-7,10-16H2,1-3H3,(H,23,26). The number of fused-ring (bicyclic) bond motifs is 1. The van der Waals surface area contributed by atoms with Crippen LogP contribution in [0.1, 0.15) is 45.4 Å². The van der Waals surface area contributed by atoms with Gasteiger partial charge in [-0.15, -0.1) is 11.8 Å². The highest BCUT2D eigenvalue weighted by Crippen LogP contribution is 2.36. The summed E-state index contributed by atoms with van der Waals surface area (Å²) in [5.74, 6) is 1.61. The number of hydrogen-bond acceptors (Lipinski definition) is 4. The minimum Gasteiger partial charge on any atom is -0.354 e. The van der Waals surface area contributed by atoms with Gasteiger partial charge in [0.25, 0.3) is 0 Å². The van der Waals surface area contributed by atoms with Crippen LogP contribution >= 0.6 is 11.8 Å². The van der Waals surface area contributed by atoms with Gasteiger partial charge >= 0.3 is 0 Å². The molecule has 0 spiro atoms. The van der Waals surface area contributed by atoms with E-state index in [0.717, 1.165) is 29.2 Å². The van der Waals surface area contributed by atoms with Gasteiger partial charge in [-0.05, 0) is 45.0 Å². The van der Waals surface area contributed by atoms with E-state index in [4.69, 9.17) is 0 Å². The van der Waals surface area contributed by atoms with E-state index >= 15 is 0 Å². The van der Waals surface area contributed by atoms with Crippen molar-refractivity contribution >= 4 is 29.3 Å². The molecule has 5 nitrogen and oxygen atoms in total. The van der Waals surface area contributed by atoms with E-state index in [1.54, 1.807) is 11.8 Å². The molecule has 6 heteroatoms. The zero-order valence-corrected chi connectivity index (χ0v) is 18.2. The van der Waals surface area contributed by atoms with Crippen LogP contribution < -0.4 is 10.2 Å². The number of para-hydroxylation sites is 1. The van der Waals surface area contributed by atoms with Crippen LogP contribution in [0.5, 0.6) is 0 Å². The average Bonchev–Trinajstić information content (AvgIpc) is 2.70. The predicted octanol–water partition coefficient (Wildman–Crippen LogP) is 3.53.